The fourth-order valence-corrected chi connectivity index (χ4v) is 1.39. The molecule has 32 valence electrons. The minimum absolute atomic E-state index is 0.495. The molecule has 2 aliphatic rings. The number of ether oxygens (including phenoxy) is 1. The number of hydrogen-bond donors (Lipinski definition) is 0. The first-order valence-electron chi connectivity index (χ1n) is 1.94. The molecule has 0 saturated carbocycles. The van der Waals surface area contributed by atoms with Crippen LogP contribution in [0.5, 0.6) is 0 Å². The molecule has 2 heteroatoms. The van der Waals surface area contributed by atoms with Crippen LogP contribution in [0.4, 0.5) is 0 Å². The van der Waals surface area contributed by atoms with Gasteiger partial charge in [-0.25, -0.2) is 0 Å². The van der Waals surface area contributed by atoms with Crippen molar-refractivity contribution in [1.29, 1.82) is 0 Å². The van der Waals surface area contributed by atoms with Crippen LogP contribution in [0, 0.1) is 0 Å². The SMILES string of the molecule is C1=CC2OC2S1. The smallest absolute Gasteiger partial charge is 0.137 e. The lowest BCUT2D eigenvalue weighted by Gasteiger charge is -1.72. The Morgan fingerprint density at radius 3 is 2.83 bits per heavy atom. The molecule has 0 aliphatic carbocycles. The second-order valence-electron chi connectivity index (χ2n) is 1.43. The monoisotopic (exact) mass is 100.0 g/mol. The normalized spacial score (nSPS) is 49.3. The fourth-order valence-electron chi connectivity index (χ4n) is 0.555. The van der Waals surface area contributed by atoms with Crippen molar-refractivity contribution in [2.24, 2.45) is 0 Å². The van der Waals surface area contributed by atoms with Gasteiger partial charge in [0.25, 0.3) is 0 Å². The summed E-state index contributed by atoms with van der Waals surface area (Å²) in [5.41, 5.74) is 0.519. The van der Waals surface area contributed by atoms with E-state index in [0.29, 0.717) is 11.5 Å². The fraction of sp³-hybridized carbons (Fsp3) is 0.500. The first kappa shape index (κ1) is 3.10. The first-order valence-corrected chi connectivity index (χ1v) is 2.89. The van der Waals surface area contributed by atoms with Crippen molar-refractivity contribution >= 4 is 11.8 Å². The Balaban J connectivity index is 2.26. The third-order valence-electron chi connectivity index (χ3n) is 0.964. The van der Waals surface area contributed by atoms with E-state index >= 15 is 0 Å². The average Bonchev–Trinajstić information content (AvgIpc) is 2.17. The van der Waals surface area contributed by atoms with Crippen molar-refractivity contribution in [3.8, 4) is 0 Å². The molecular formula is C4H4OS. The van der Waals surface area contributed by atoms with Crippen molar-refractivity contribution in [1.82, 2.24) is 0 Å². The van der Waals surface area contributed by atoms with Gasteiger partial charge in [-0.05, 0) is 11.5 Å². The van der Waals surface area contributed by atoms with Crippen LogP contribution >= 0.6 is 11.8 Å². The highest BCUT2D eigenvalue weighted by Crippen LogP contribution is 2.40. The van der Waals surface area contributed by atoms with Gasteiger partial charge in [0.15, 0.2) is 0 Å². The summed E-state index contributed by atoms with van der Waals surface area (Å²) in [6.45, 7) is 0. The van der Waals surface area contributed by atoms with Gasteiger partial charge in [0.05, 0.1) is 0 Å². The summed E-state index contributed by atoms with van der Waals surface area (Å²) in [5, 5.41) is 2.10. The van der Waals surface area contributed by atoms with Gasteiger partial charge in [-0.2, -0.15) is 0 Å². The van der Waals surface area contributed by atoms with Crippen molar-refractivity contribution in [2.45, 2.75) is 11.5 Å². The van der Waals surface area contributed by atoms with Crippen molar-refractivity contribution in [2.75, 3.05) is 0 Å². The Morgan fingerprint density at radius 2 is 2.67 bits per heavy atom. The van der Waals surface area contributed by atoms with Gasteiger partial charge in [0, 0.05) is 0 Å². The van der Waals surface area contributed by atoms with Crippen molar-refractivity contribution < 1.29 is 4.74 Å². The van der Waals surface area contributed by atoms with E-state index < -0.39 is 0 Å². The van der Waals surface area contributed by atoms with Crippen LogP contribution in [0.25, 0.3) is 0 Å². The number of epoxide rings is 1. The molecule has 1 nitrogen and oxygen atoms in total. The predicted molar refractivity (Wildman–Crippen MR) is 25.4 cm³/mol. The molecule has 0 aromatic carbocycles. The second kappa shape index (κ2) is 0.820. The Labute approximate surface area is 40.4 Å². The largest absolute Gasteiger partial charge is 0.353 e. The molecule has 1 fully saturated rings. The molecule has 0 bridgehead atoms. The molecule has 2 atom stereocenters. The zero-order chi connectivity index (χ0) is 3.98. The lowest BCUT2D eigenvalue weighted by molar-refractivity contribution is 0.427. The number of hydrogen-bond acceptors (Lipinski definition) is 2. The van der Waals surface area contributed by atoms with E-state index in [1.165, 1.54) is 0 Å². The quantitative estimate of drug-likeness (QED) is 0.420. The first-order chi connectivity index (χ1) is 2.97. The average molecular weight is 100 g/mol. The number of fused-ring (bicyclic) bond motifs is 1. The maximum atomic E-state index is 5.03. The minimum Gasteiger partial charge on any atom is -0.353 e. The van der Waals surface area contributed by atoms with E-state index in [-0.39, 0.29) is 0 Å². The topological polar surface area (TPSA) is 12.5 Å². The highest BCUT2D eigenvalue weighted by atomic mass is 32.2. The van der Waals surface area contributed by atoms with Gasteiger partial charge >= 0.3 is 0 Å². The Morgan fingerprint density at radius 1 is 1.67 bits per heavy atom. The molecule has 2 aliphatic heterocycles. The lowest BCUT2D eigenvalue weighted by atomic mass is 10.5. The summed E-state index contributed by atoms with van der Waals surface area (Å²) in [5.74, 6) is 0. The van der Waals surface area contributed by atoms with E-state index in [1.54, 1.807) is 11.8 Å². The number of thioether (sulfide) groups is 1. The van der Waals surface area contributed by atoms with Crippen molar-refractivity contribution in [3.05, 3.63) is 11.5 Å². The third-order valence-corrected chi connectivity index (χ3v) is 1.93. The van der Waals surface area contributed by atoms with Crippen LogP contribution in [-0.4, -0.2) is 11.5 Å². The van der Waals surface area contributed by atoms with Gasteiger partial charge in [-0.1, -0.05) is 11.8 Å². The van der Waals surface area contributed by atoms with Gasteiger partial charge in [-0.3, -0.25) is 0 Å². The van der Waals surface area contributed by atoms with Crippen LogP contribution in [0.1, 0.15) is 0 Å². The minimum atomic E-state index is 0.495. The molecule has 2 rings (SSSR count). The summed E-state index contributed by atoms with van der Waals surface area (Å²) in [4.78, 5) is 0. The molecule has 1 saturated heterocycles. The maximum Gasteiger partial charge on any atom is 0.137 e. The molecule has 0 amide bonds. The molecule has 0 aromatic heterocycles. The molecule has 0 N–H and O–H groups in total. The summed E-state index contributed by atoms with van der Waals surface area (Å²) < 4.78 is 5.03. The molecule has 6 heavy (non-hydrogen) atoms. The van der Waals surface area contributed by atoms with Crippen LogP contribution in [0.2, 0.25) is 0 Å². The summed E-state index contributed by atoms with van der Waals surface area (Å²) in [7, 11) is 0. The molecule has 0 aromatic rings. The molecule has 2 unspecified atom stereocenters. The second-order valence-corrected chi connectivity index (χ2v) is 2.44. The van der Waals surface area contributed by atoms with E-state index in [4.69, 9.17) is 4.74 Å². The van der Waals surface area contributed by atoms with Gasteiger partial charge in [0.1, 0.15) is 11.5 Å². The van der Waals surface area contributed by atoms with Crippen LogP contribution in [0.15, 0.2) is 11.5 Å². The third kappa shape index (κ3) is 0.259. The van der Waals surface area contributed by atoms with E-state index in [2.05, 4.69) is 11.5 Å². The molecule has 0 spiro atoms. The predicted octanol–water partition coefficient (Wildman–Crippen LogP) is 0.972. The van der Waals surface area contributed by atoms with Crippen LogP contribution < -0.4 is 0 Å². The Hall–Kier alpha value is 0.0500. The van der Waals surface area contributed by atoms with Gasteiger partial charge in [-0.15, -0.1) is 0 Å². The molecular weight excluding hydrogens is 96.1 g/mol. The maximum absolute atomic E-state index is 5.03. The van der Waals surface area contributed by atoms with E-state index in [0.717, 1.165) is 0 Å². The summed E-state index contributed by atoms with van der Waals surface area (Å²) in [6.07, 6.45) is 2.59. The van der Waals surface area contributed by atoms with E-state index in [9.17, 15) is 0 Å². The van der Waals surface area contributed by atoms with Crippen molar-refractivity contribution in [3.63, 3.8) is 0 Å². The zero-order valence-electron chi connectivity index (χ0n) is 3.13. The van der Waals surface area contributed by atoms with Crippen LogP contribution in [-0.2, 0) is 4.74 Å². The molecule has 0 radical (unpaired) electrons. The highest BCUT2D eigenvalue weighted by Gasteiger charge is 2.39. The summed E-state index contributed by atoms with van der Waals surface area (Å²) in [6, 6.07) is 0. The standard InChI is InChI=1S/C4H4OS/c1-2-6-4-3(1)5-4/h1-4H. The molecule has 2 heterocycles. The van der Waals surface area contributed by atoms with Gasteiger partial charge in [0.2, 0.25) is 0 Å². The summed E-state index contributed by atoms with van der Waals surface area (Å²) >= 11 is 1.77. The lowest BCUT2D eigenvalue weighted by Crippen LogP contribution is -1.69. The highest BCUT2D eigenvalue weighted by molar-refractivity contribution is 8.03. The van der Waals surface area contributed by atoms with Crippen LogP contribution in [0.3, 0.4) is 0 Å². The Kier molecular flexibility index (Phi) is 0.424. The number of rotatable bonds is 0. The van der Waals surface area contributed by atoms with Gasteiger partial charge < -0.3 is 4.74 Å². The zero-order valence-corrected chi connectivity index (χ0v) is 3.94. The Bertz CT molecular complexity index is 99.7. The van der Waals surface area contributed by atoms with E-state index in [1.807, 2.05) is 0 Å².